The molecule has 0 saturated carbocycles. The minimum absolute atomic E-state index is 0.141. The number of aromatic nitrogens is 1. The molecule has 6 aromatic carbocycles. The Bertz CT molecular complexity index is 2020. The van der Waals surface area contributed by atoms with Crippen molar-refractivity contribution in [3.63, 3.8) is 0 Å². The van der Waals surface area contributed by atoms with Crippen LogP contribution < -0.4 is 4.90 Å². The lowest BCUT2D eigenvalue weighted by Crippen LogP contribution is -2.15. The average molecular weight is 529 g/mol. The van der Waals surface area contributed by atoms with Crippen molar-refractivity contribution < 1.29 is 4.42 Å². The first kappa shape index (κ1) is 23.7. The summed E-state index contributed by atoms with van der Waals surface area (Å²) in [4.78, 5) is 7.17. The molecule has 0 saturated heterocycles. The van der Waals surface area contributed by atoms with Crippen molar-refractivity contribution in [2.24, 2.45) is 0 Å². The molecule has 0 bridgehead atoms. The van der Waals surface area contributed by atoms with E-state index in [1.165, 1.54) is 33.0 Å². The fraction of sp³-hybridized carbons (Fsp3) is 0.0789. The molecule has 0 fully saturated rings. The molecule has 0 amide bonds. The smallest absolute Gasteiger partial charge is 0.227 e. The molecular weight excluding hydrogens is 500 g/mol. The van der Waals surface area contributed by atoms with Gasteiger partial charge in [-0.25, -0.2) is 4.98 Å². The van der Waals surface area contributed by atoms with Gasteiger partial charge in [-0.2, -0.15) is 0 Å². The van der Waals surface area contributed by atoms with Crippen molar-refractivity contribution in [2.45, 2.75) is 19.3 Å². The summed E-state index contributed by atoms with van der Waals surface area (Å²) in [5, 5.41) is 2.45. The largest absolute Gasteiger partial charge is 0.436 e. The predicted molar refractivity (Wildman–Crippen MR) is 169 cm³/mol. The second kappa shape index (κ2) is 8.94. The van der Waals surface area contributed by atoms with Crippen LogP contribution in [0, 0.1) is 0 Å². The highest BCUT2D eigenvalue weighted by Crippen LogP contribution is 2.51. The van der Waals surface area contributed by atoms with Crippen LogP contribution in [0.15, 0.2) is 138 Å². The molecule has 0 aliphatic heterocycles. The van der Waals surface area contributed by atoms with E-state index in [4.69, 9.17) is 9.40 Å². The second-order valence-electron chi connectivity index (χ2n) is 11.3. The lowest BCUT2D eigenvalue weighted by molar-refractivity contribution is 0.619. The van der Waals surface area contributed by atoms with Crippen molar-refractivity contribution in [1.82, 2.24) is 4.98 Å². The van der Waals surface area contributed by atoms with Gasteiger partial charge in [0.25, 0.3) is 0 Å². The second-order valence-corrected chi connectivity index (χ2v) is 11.3. The SMILES string of the molecule is CC1(C)c2cc3ccc(N(c4ccccc4)c4ccccc4)cc3cc2-c2cc3oc(-c4ccccc4)nc3cc21. The number of rotatable bonds is 4. The van der Waals surface area contributed by atoms with Gasteiger partial charge < -0.3 is 9.32 Å². The van der Waals surface area contributed by atoms with E-state index in [0.717, 1.165) is 33.7 Å². The van der Waals surface area contributed by atoms with Crippen LogP contribution in [0.2, 0.25) is 0 Å². The first-order chi connectivity index (χ1) is 20.1. The number of hydrogen-bond donors (Lipinski definition) is 0. The van der Waals surface area contributed by atoms with Crippen LogP contribution in [0.1, 0.15) is 25.0 Å². The van der Waals surface area contributed by atoms with Crippen LogP contribution in [0.3, 0.4) is 0 Å². The number of hydrogen-bond acceptors (Lipinski definition) is 3. The van der Waals surface area contributed by atoms with E-state index in [-0.39, 0.29) is 5.41 Å². The number of para-hydroxylation sites is 2. The number of nitrogens with zero attached hydrogens (tertiary/aromatic N) is 2. The van der Waals surface area contributed by atoms with E-state index in [1.807, 2.05) is 30.3 Å². The van der Waals surface area contributed by atoms with Crippen molar-refractivity contribution in [3.8, 4) is 22.6 Å². The molecular formula is C38H28N2O. The van der Waals surface area contributed by atoms with Crippen LogP contribution in [0.4, 0.5) is 17.1 Å². The van der Waals surface area contributed by atoms with E-state index >= 15 is 0 Å². The van der Waals surface area contributed by atoms with Crippen molar-refractivity contribution >= 4 is 38.9 Å². The monoisotopic (exact) mass is 528 g/mol. The fourth-order valence-electron chi connectivity index (χ4n) is 6.33. The molecule has 1 heterocycles. The molecule has 3 heteroatoms. The van der Waals surface area contributed by atoms with Gasteiger partial charge in [-0.05, 0) is 106 Å². The maximum atomic E-state index is 6.28. The Hall–Kier alpha value is -5.15. The van der Waals surface area contributed by atoms with Gasteiger partial charge in [0.1, 0.15) is 5.52 Å². The molecule has 0 spiro atoms. The molecule has 8 rings (SSSR count). The van der Waals surface area contributed by atoms with E-state index in [0.29, 0.717) is 5.89 Å². The van der Waals surface area contributed by atoms with E-state index in [9.17, 15) is 0 Å². The molecule has 1 aliphatic carbocycles. The minimum atomic E-state index is -0.141. The van der Waals surface area contributed by atoms with Gasteiger partial charge in [0.05, 0.1) is 0 Å². The Balaban J connectivity index is 1.29. The summed E-state index contributed by atoms with van der Waals surface area (Å²) < 4.78 is 6.28. The molecule has 0 unspecified atom stereocenters. The molecule has 41 heavy (non-hydrogen) atoms. The average Bonchev–Trinajstić information content (AvgIpc) is 3.53. The molecule has 0 atom stereocenters. The zero-order valence-electron chi connectivity index (χ0n) is 23.0. The van der Waals surface area contributed by atoms with Crippen LogP contribution in [0.5, 0.6) is 0 Å². The topological polar surface area (TPSA) is 29.3 Å². The summed E-state index contributed by atoms with van der Waals surface area (Å²) in [7, 11) is 0. The summed E-state index contributed by atoms with van der Waals surface area (Å²) in [6.07, 6.45) is 0. The maximum absolute atomic E-state index is 6.28. The van der Waals surface area contributed by atoms with Gasteiger partial charge in [-0.3, -0.25) is 0 Å². The van der Waals surface area contributed by atoms with Gasteiger partial charge in [0.15, 0.2) is 5.58 Å². The molecule has 0 radical (unpaired) electrons. The van der Waals surface area contributed by atoms with Gasteiger partial charge in [-0.15, -0.1) is 0 Å². The number of oxazole rings is 1. The van der Waals surface area contributed by atoms with E-state index < -0.39 is 0 Å². The Labute approximate surface area is 239 Å². The number of benzene rings is 6. The summed E-state index contributed by atoms with van der Waals surface area (Å²) in [5.41, 5.74) is 11.1. The van der Waals surface area contributed by atoms with Gasteiger partial charge in [0.2, 0.25) is 5.89 Å². The first-order valence-electron chi connectivity index (χ1n) is 14.1. The van der Waals surface area contributed by atoms with Crippen LogP contribution in [-0.4, -0.2) is 4.98 Å². The molecule has 3 nitrogen and oxygen atoms in total. The maximum Gasteiger partial charge on any atom is 0.227 e. The highest BCUT2D eigenvalue weighted by Gasteiger charge is 2.36. The van der Waals surface area contributed by atoms with Gasteiger partial charge in [0, 0.05) is 28.0 Å². The first-order valence-corrected chi connectivity index (χ1v) is 14.1. The Morgan fingerprint density at radius 1 is 0.561 bits per heavy atom. The molecule has 196 valence electrons. The normalized spacial score (nSPS) is 13.3. The predicted octanol–water partition coefficient (Wildman–Crippen LogP) is 10.4. The molecule has 1 aromatic heterocycles. The molecule has 1 aliphatic rings. The Morgan fingerprint density at radius 2 is 1.17 bits per heavy atom. The van der Waals surface area contributed by atoms with Crippen molar-refractivity contribution in [2.75, 3.05) is 4.90 Å². The summed E-state index contributed by atoms with van der Waals surface area (Å²) >= 11 is 0. The van der Waals surface area contributed by atoms with Crippen LogP contribution >= 0.6 is 0 Å². The van der Waals surface area contributed by atoms with E-state index in [2.05, 4.69) is 122 Å². The third-order valence-corrected chi connectivity index (χ3v) is 8.43. The lowest BCUT2D eigenvalue weighted by Gasteiger charge is -2.26. The van der Waals surface area contributed by atoms with Gasteiger partial charge >= 0.3 is 0 Å². The van der Waals surface area contributed by atoms with Crippen molar-refractivity contribution in [1.29, 1.82) is 0 Å². The summed E-state index contributed by atoms with van der Waals surface area (Å²) in [6, 6.07) is 47.1. The molecule has 0 N–H and O–H groups in total. The summed E-state index contributed by atoms with van der Waals surface area (Å²) in [6.45, 7) is 4.63. The van der Waals surface area contributed by atoms with Crippen LogP contribution in [-0.2, 0) is 5.41 Å². The quantitative estimate of drug-likeness (QED) is 0.228. The van der Waals surface area contributed by atoms with E-state index in [1.54, 1.807) is 0 Å². The van der Waals surface area contributed by atoms with Gasteiger partial charge in [-0.1, -0.05) is 74.5 Å². The lowest BCUT2D eigenvalue weighted by atomic mass is 9.82. The fourth-order valence-corrected chi connectivity index (χ4v) is 6.33. The highest BCUT2D eigenvalue weighted by atomic mass is 16.3. The Morgan fingerprint density at radius 3 is 1.85 bits per heavy atom. The zero-order chi connectivity index (χ0) is 27.6. The standard InChI is InChI=1S/C38H28N2O/c1-38(2)33-22-26-18-19-30(40(28-14-8-4-9-15-28)29-16-10-5-11-17-29)20-27(26)21-31(33)32-23-36-35(24-34(32)38)39-37(41-36)25-12-6-3-7-13-25/h3-24H,1-2H3. The third-order valence-electron chi connectivity index (χ3n) is 8.43. The highest BCUT2D eigenvalue weighted by molar-refractivity contribution is 5.98. The molecule has 7 aromatic rings. The number of anilines is 3. The van der Waals surface area contributed by atoms with Crippen LogP contribution in [0.25, 0.3) is 44.5 Å². The number of fused-ring (bicyclic) bond motifs is 5. The third kappa shape index (κ3) is 3.77. The minimum Gasteiger partial charge on any atom is -0.436 e. The zero-order valence-corrected chi connectivity index (χ0v) is 23.0. The Kier molecular flexibility index (Phi) is 5.17. The van der Waals surface area contributed by atoms with Crippen molar-refractivity contribution in [3.05, 3.63) is 145 Å². The summed E-state index contributed by atoms with van der Waals surface area (Å²) in [5.74, 6) is 0.660.